The highest BCUT2D eigenvalue weighted by Gasteiger charge is 1.96. The molecule has 0 aliphatic carbocycles. The molecule has 0 amide bonds. The summed E-state index contributed by atoms with van der Waals surface area (Å²) in [4.78, 5) is 0. The van der Waals surface area contributed by atoms with Crippen LogP contribution in [0.15, 0.2) is 35.7 Å². The van der Waals surface area contributed by atoms with Crippen molar-refractivity contribution < 1.29 is 4.74 Å². The molecule has 1 aromatic carbocycles. The second kappa shape index (κ2) is 5.59. The van der Waals surface area contributed by atoms with Crippen molar-refractivity contribution in [1.29, 1.82) is 0 Å². The molecule has 0 saturated carbocycles. The Bertz CT molecular complexity index is 583. The molecule has 1 heterocycles. The summed E-state index contributed by atoms with van der Waals surface area (Å²) in [6.45, 7) is 3.99. The van der Waals surface area contributed by atoms with E-state index in [1.165, 1.54) is 11.0 Å². The number of nitrogens with zero attached hydrogens (tertiary/aromatic N) is 3. The zero-order valence-electron chi connectivity index (χ0n) is 10.2. The molecule has 6 heteroatoms. The Morgan fingerprint density at radius 1 is 1.39 bits per heavy atom. The summed E-state index contributed by atoms with van der Waals surface area (Å²) in [6, 6.07) is 7.70. The molecule has 0 unspecified atom stereocenters. The SMILES string of the molecule is CC(C)Oc1ccc(/C=N\n2cn[nH]c2=S)cc1. The fourth-order valence-corrected chi connectivity index (χ4v) is 1.51. The van der Waals surface area contributed by atoms with Gasteiger partial charge in [-0.3, -0.25) is 5.10 Å². The Kier molecular flexibility index (Phi) is 3.88. The number of aromatic amines is 1. The van der Waals surface area contributed by atoms with Crippen LogP contribution in [0.25, 0.3) is 0 Å². The molecule has 2 aromatic rings. The van der Waals surface area contributed by atoms with E-state index in [1.807, 2.05) is 38.1 Å². The van der Waals surface area contributed by atoms with Gasteiger partial charge in [0.2, 0.25) is 4.77 Å². The van der Waals surface area contributed by atoms with Crippen LogP contribution in [0.2, 0.25) is 0 Å². The van der Waals surface area contributed by atoms with E-state index in [9.17, 15) is 0 Å². The quantitative estimate of drug-likeness (QED) is 0.680. The van der Waals surface area contributed by atoms with Gasteiger partial charge < -0.3 is 4.74 Å². The predicted octanol–water partition coefficient (Wildman–Crippen LogP) is 2.61. The summed E-state index contributed by atoms with van der Waals surface area (Å²) in [5.41, 5.74) is 0.967. The molecule has 0 spiro atoms. The van der Waals surface area contributed by atoms with Crippen LogP contribution in [0, 0.1) is 4.77 Å². The van der Waals surface area contributed by atoms with E-state index in [4.69, 9.17) is 17.0 Å². The first-order chi connectivity index (χ1) is 8.65. The van der Waals surface area contributed by atoms with Gasteiger partial charge in [-0.2, -0.15) is 14.9 Å². The van der Waals surface area contributed by atoms with Crippen LogP contribution in [0.3, 0.4) is 0 Å². The zero-order chi connectivity index (χ0) is 13.0. The summed E-state index contributed by atoms with van der Waals surface area (Å²) in [7, 11) is 0. The summed E-state index contributed by atoms with van der Waals surface area (Å²) < 4.78 is 7.52. The monoisotopic (exact) mass is 262 g/mol. The minimum absolute atomic E-state index is 0.175. The number of aromatic nitrogens is 3. The van der Waals surface area contributed by atoms with E-state index in [0.717, 1.165) is 11.3 Å². The number of ether oxygens (including phenoxy) is 1. The highest BCUT2D eigenvalue weighted by molar-refractivity contribution is 7.71. The Labute approximate surface area is 110 Å². The minimum atomic E-state index is 0.175. The second-order valence-corrected chi connectivity index (χ2v) is 4.37. The standard InChI is InChI=1S/C12H14N4OS/c1-9(2)17-11-5-3-10(4-6-11)7-14-16-8-13-15-12(16)18/h3-9H,1-2H3,(H,15,18)/b14-7-. The number of H-pyrrole nitrogens is 1. The van der Waals surface area contributed by atoms with E-state index in [0.29, 0.717) is 4.77 Å². The number of hydrogen-bond acceptors (Lipinski definition) is 4. The van der Waals surface area contributed by atoms with Crippen molar-refractivity contribution >= 4 is 18.4 Å². The number of rotatable bonds is 4. The van der Waals surface area contributed by atoms with Crippen LogP contribution in [0.5, 0.6) is 5.75 Å². The molecule has 0 atom stereocenters. The molecule has 0 fully saturated rings. The van der Waals surface area contributed by atoms with Crippen molar-refractivity contribution in [3.05, 3.63) is 40.9 Å². The van der Waals surface area contributed by atoms with Crippen molar-refractivity contribution in [2.45, 2.75) is 20.0 Å². The maximum Gasteiger partial charge on any atom is 0.216 e. The molecular formula is C12H14N4OS. The maximum atomic E-state index is 5.56. The molecule has 2 rings (SSSR count). The molecule has 0 saturated heterocycles. The van der Waals surface area contributed by atoms with E-state index in [1.54, 1.807) is 6.21 Å². The molecule has 5 nitrogen and oxygen atoms in total. The lowest BCUT2D eigenvalue weighted by molar-refractivity contribution is 0.242. The van der Waals surface area contributed by atoms with Gasteiger partial charge in [0, 0.05) is 0 Å². The van der Waals surface area contributed by atoms with Gasteiger partial charge >= 0.3 is 0 Å². The van der Waals surface area contributed by atoms with Crippen LogP contribution in [0.1, 0.15) is 19.4 Å². The van der Waals surface area contributed by atoms with Gasteiger partial charge in [0.25, 0.3) is 0 Å². The van der Waals surface area contributed by atoms with E-state index < -0.39 is 0 Å². The molecule has 0 aliphatic rings. The van der Waals surface area contributed by atoms with Crippen molar-refractivity contribution in [3.63, 3.8) is 0 Å². The Balaban J connectivity index is 2.09. The van der Waals surface area contributed by atoms with Crippen molar-refractivity contribution in [1.82, 2.24) is 14.9 Å². The first kappa shape index (κ1) is 12.5. The van der Waals surface area contributed by atoms with Crippen molar-refractivity contribution in [2.75, 3.05) is 0 Å². The van der Waals surface area contributed by atoms with Gasteiger partial charge in [-0.1, -0.05) is 0 Å². The highest BCUT2D eigenvalue weighted by Crippen LogP contribution is 2.12. The molecule has 1 N–H and O–H groups in total. The van der Waals surface area contributed by atoms with Gasteiger partial charge in [-0.15, -0.1) is 0 Å². The van der Waals surface area contributed by atoms with Crippen LogP contribution in [-0.4, -0.2) is 27.2 Å². The zero-order valence-corrected chi connectivity index (χ0v) is 11.0. The molecule has 0 aliphatic heterocycles. The lowest BCUT2D eigenvalue weighted by atomic mass is 10.2. The maximum absolute atomic E-state index is 5.56. The molecule has 18 heavy (non-hydrogen) atoms. The number of nitrogens with one attached hydrogen (secondary N) is 1. The third-order valence-corrected chi connectivity index (χ3v) is 2.40. The fourth-order valence-electron chi connectivity index (χ4n) is 1.36. The van der Waals surface area contributed by atoms with Crippen molar-refractivity contribution in [3.8, 4) is 5.75 Å². The van der Waals surface area contributed by atoms with Crippen LogP contribution < -0.4 is 4.74 Å². The first-order valence-electron chi connectivity index (χ1n) is 5.58. The molecule has 94 valence electrons. The van der Waals surface area contributed by atoms with Crippen LogP contribution in [-0.2, 0) is 0 Å². The molecule has 0 radical (unpaired) electrons. The van der Waals surface area contributed by atoms with E-state index in [2.05, 4.69) is 15.3 Å². The third kappa shape index (κ3) is 3.27. The van der Waals surface area contributed by atoms with E-state index >= 15 is 0 Å². The lowest BCUT2D eigenvalue weighted by Gasteiger charge is -2.08. The summed E-state index contributed by atoms with van der Waals surface area (Å²) in [5, 5.41) is 10.6. The Morgan fingerprint density at radius 3 is 2.67 bits per heavy atom. The minimum Gasteiger partial charge on any atom is -0.491 e. The fraction of sp³-hybridized carbons (Fsp3) is 0.250. The topological polar surface area (TPSA) is 55.2 Å². The smallest absolute Gasteiger partial charge is 0.216 e. The van der Waals surface area contributed by atoms with Gasteiger partial charge in [0.15, 0.2) is 0 Å². The normalized spacial score (nSPS) is 11.3. The second-order valence-electron chi connectivity index (χ2n) is 3.99. The summed E-state index contributed by atoms with van der Waals surface area (Å²) in [5.74, 6) is 0.849. The van der Waals surface area contributed by atoms with Gasteiger partial charge in [0.1, 0.15) is 12.1 Å². The average molecular weight is 262 g/mol. The average Bonchev–Trinajstić information content (AvgIpc) is 2.73. The molecule has 1 aromatic heterocycles. The third-order valence-electron chi connectivity index (χ3n) is 2.12. The number of benzene rings is 1. The first-order valence-corrected chi connectivity index (χ1v) is 5.99. The van der Waals surface area contributed by atoms with E-state index in [-0.39, 0.29) is 6.10 Å². The summed E-state index contributed by atoms with van der Waals surface area (Å²) >= 11 is 4.98. The van der Waals surface area contributed by atoms with Gasteiger partial charge in [0.05, 0.1) is 12.3 Å². The predicted molar refractivity (Wildman–Crippen MR) is 72.6 cm³/mol. The van der Waals surface area contributed by atoms with Gasteiger partial charge in [-0.25, -0.2) is 0 Å². The Hall–Kier alpha value is -1.95. The van der Waals surface area contributed by atoms with Crippen LogP contribution in [0.4, 0.5) is 0 Å². The van der Waals surface area contributed by atoms with Crippen molar-refractivity contribution in [2.24, 2.45) is 5.10 Å². The molecular weight excluding hydrogens is 248 g/mol. The van der Waals surface area contributed by atoms with Gasteiger partial charge in [-0.05, 0) is 55.9 Å². The summed E-state index contributed by atoms with van der Waals surface area (Å²) in [6.07, 6.45) is 3.41. The highest BCUT2D eigenvalue weighted by atomic mass is 32.1. The lowest BCUT2D eigenvalue weighted by Crippen LogP contribution is -2.05. The van der Waals surface area contributed by atoms with Crippen LogP contribution >= 0.6 is 12.2 Å². The largest absolute Gasteiger partial charge is 0.491 e. The Morgan fingerprint density at radius 2 is 2.11 bits per heavy atom. The number of hydrogen-bond donors (Lipinski definition) is 1. The molecule has 0 bridgehead atoms.